The van der Waals surface area contributed by atoms with Gasteiger partial charge >= 0.3 is 5.97 Å². The Morgan fingerprint density at radius 2 is 2.00 bits per heavy atom. The molecule has 4 rings (SSSR count). The Morgan fingerprint density at radius 3 is 2.76 bits per heavy atom. The summed E-state index contributed by atoms with van der Waals surface area (Å²) in [5.41, 5.74) is 2.03. The molecule has 1 aliphatic heterocycles. The SMILES string of the molecule is O=C(O)C1CCCN1C(c1nc2ccccc2s1)c1ccccc1Br. The molecule has 2 heterocycles. The van der Waals surface area contributed by atoms with E-state index in [1.165, 1.54) is 0 Å². The predicted octanol–water partition coefficient (Wildman–Crippen LogP) is 4.70. The highest BCUT2D eigenvalue weighted by Gasteiger charge is 2.38. The minimum Gasteiger partial charge on any atom is -0.480 e. The first-order chi connectivity index (χ1) is 12.1. The van der Waals surface area contributed by atoms with Crippen molar-refractivity contribution in [3.63, 3.8) is 0 Å². The number of hydrogen-bond acceptors (Lipinski definition) is 4. The number of rotatable bonds is 4. The number of para-hydroxylation sites is 1. The number of aromatic nitrogens is 1. The van der Waals surface area contributed by atoms with Crippen LogP contribution < -0.4 is 0 Å². The Labute approximate surface area is 158 Å². The maximum atomic E-state index is 11.8. The molecule has 4 nitrogen and oxygen atoms in total. The molecule has 0 saturated carbocycles. The molecular weight excluding hydrogens is 400 g/mol. The van der Waals surface area contributed by atoms with E-state index in [1.807, 2.05) is 36.4 Å². The van der Waals surface area contributed by atoms with Crippen molar-refractivity contribution in [1.29, 1.82) is 0 Å². The maximum Gasteiger partial charge on any atom is 0.320 e. The van der Waals surface area contributed by atoms with E-state index in [2.05, 4.69) is 33.0 Å². The zero-order valence-electron chi connectivity index (χ0n) is 13.4. The van der Waals surface area contributed by atoms with Gasteiger partial charge in [-0.05, 0) is 36.6 Å². The Hall–Kier alpha value is -1.76. The summed E-state index contributed by atoms with van der Waals surface area (Å²) in [6, 6.07) is 15.5. The van der Waals surface area contributed by atoms with Crippen LogP contribution in [0.3, 0.4) is 0 Å². The second-order valence-electron chi connectivity index (χ2n) is 6.18. The van der Waals surface area contributed by atoms with Gasteiger partial charge in [-0.25, -0.2) is 4.98 Å². The fraction of sp³-hybridized carbons (Fsp3) is 0.263. The summed E-state index contributed by atoms with van der Waals surface area (Å²) in [7, 11) is 0. The van der Waals surface area contributed by atoms with E-state index in [0.29, 0.717) is 6.42 Å². The van der Waals surface area contributed by atoms with Gasteiger partial charge in [-0.1, -0.05) is 46.3 Å². The number of likely N-dealkylation sites (tertiary alicyclic amines) is 1. The van der Waals surface area contributed by atoms with E-state index >= 15 is 0 Å². The van der Waals surface area contributed by atoms with Crippen LogP contribution in [0.4, 0.5) is 0 Å². The van der Waals surface area contributed by atoms with Gasteiger partial charge in [-0.2, -0.15) is 0 Å². The second kappa shape index (κ2) is 6.86. The van der Waals surface area contributed by atoms with E-state index in [0.717, 1.165) is 38.2 Å². The number of hydrogen-bond donors (Lipinski definition) is 1. The molecule has 1 fully saturated rings. The van der Waals surface area contributed by atoms with Gasteiger partial charge in [0.15, 0.2) is 0 Å². The van der Waals surface area contributed by atoms with Crippen LogP contribution >= 0.6 is 27.3 Å². The molecule has 2 atom stereocenters. The zero-order valence-corrected chi connectivity index (χ0v) is 15.8. The first-order valence-electron chi connectivity index (χ1n) is 8.23. The molecule has 0 aliphatic carbocycles. The minimum absolute atomic E-state index is 0.156. The van der Waals surface area contributed by atoms with E-state index in [4.69, 9.17) is 4.98 Å². The average molecular weight is 417 g/mol. The van der Waals surface area contributed by atoms with Gasteiger partial charge in [0.2, 0.25) is 0 Å². The number of aliphatic carboxylic acids is 1. The fourth-order valence-corrected chi connectivity index (χ4v) is 5.13. The Morgan fingerprint density at radius 1 is 1.24 bits per heavy atom. The van der Waals surface area contributed by atoms with Crippen molar-refractivity contribution in [3.05, 3.63) is 63.6 Å². The van der Waals surface area contributed by atoms with Gasteiger partial charge in [0.1, 0.15) is 11.0 Å². The van der Waals surface area contributed by atoms with Crippen LogP contribution in [0.1, 0.15) is 29.5 Å². The molecule has 128 valence electrons. The van der Waals surface area contributed by atoms with Crippen molar-refractivity contribution in [2.45, 2.75) is 24.9 Å². The largest absolute Gasteiger partial charge is 0.480 e. The summed E-state index contributed by atoms with van der Waals surface area (Å²) in [6.07, 6.45) is 1.57. The lowest BCUT2D eigenvalue weighted by Crippen LogP contribution is -2.39. The highest BCUT2D eigenvalue weighted by Crippen LogP contribution is 2.40. The number of nitrogens with zero attached hydrogens (tertiary/aromatic N) is 2. The smallest absolute Gasteiger partial charge is 0.320 e. The molecule has 25 heavy (non-hydrogen) atoms. The summed E-state index contributed by atoms with van der Waals surface area (Å²) in [5, 5.41) is 10.6. The number of thiazole rings is 1. The third-order valence-electron chi connectivity index (χ3n) is 4.66. The summed E-state index contributed by atoms with van der Waals surface area (Å²) in [4.78, 5) is 18.7. The third-order valence-corrected chi connectivity index (χ3v) is 6.47. The molecule has 0 radical (unpaired) electrons. The van der Waals surface area contributed by atoms with Crippen molar-refractivity contribution in [1.82, 2.24) is 9.88 Å². The molecule has 1 aliphatic rings. The molecule has 2 unspecified atom stereocenters. The highest BCUT2D eigenvalue weighted by molar-refractivity contribution is 9.10. The van der Waals surface area contributed by atoms with Gasteiger partial charge in [-0.15, -0.1) is 11.3 Å². The summed E-state index contributed by atoms with van der Waals surface area (Å²) in [6.45, 7) is 0.763. The molecule has 1 saturated heterocycles. The standard InChI is InChI=1S/C19H17BrN2O2S/c20-13-7-2-1-6-12(13)17(22-11-5-9-15(22)19(23)24)18-21-14-8-3-4-10-16(14)25-18/h1-4,6-8,10,15,17H,5,9,11H2,(H,23,24). The van der Waals surface area contributed by atoms with Gasteiger partial charge in [0.25, 0.3) is 0 Å². The van der Waals surface area contributed by atoms with E-state index in [1.54, 1.807) is 11.3 Å². The average Bonchev–Trinajstić information content (AvgIpc) is 3.24. The quantitative estimate of drug-likeness (QED) is 0.669. The van der Waals surface area contributed by atoms with Crippen LogP contribution in [0, 0.1) is 0 Å². The van der Waals surface area contributed by atoms with Gasteiger partial charge in [0.05, 0.1) is 16.3 Å². The minimum atomic E-state index is -0.754. The van der Waals surface area contributed by atoms with Crippen LogP contribution in [0.25, 0.3) is 10.2 Å². The van der Waals surface area contributed by atoms with E-state index < -0.39 is 12.0 Å². The normalized spacial score (nSPS) is 19.3. The fourth-order valence-electron chi connectivity index (χ4n) is 3.52. The molecule has 0 bridgehead atoms. The van der Waals surface area contributed by atoms with Crippen LogP contribution in [-0.4, -0.2) is 33.5 Å². The molecule has 2 aromatic carbocycles. The highest BCUT2D eigenvalue weighted by atomic mass is 79.9. The summed E-state index contributed by atoms with van der Waals surface area (Å²) >= 11 is 5.29. The maximum absolute atomic E-state index is 11.8. The van der Waals surface area contributed by atoms with Crippen molar-refractivity contribution in [2.75, 3.05) is 6.54 Å². The zero-order chi connectivity index (χ0) is 17.4. The molecule has 3 aromatic rings. The lowest BCUT2D eigenvalue weighted by molar-refractivity contribution is -0.142. The molecule has 0 spiro atoms. The molecule has 1 aromatic heterocycles. The molecular formula is C19H17BrN2O2S. The second-order valence-corrected chi connectivity index (χ2v) is 8.09. The van der Waals surface area contributed by atoms with E-state index in [-0.39, 0.29) is 6.04 Å². The molecule has 6 heteroatoms. The summed E-state index contributed by atoms with van der Waals surface area (Å²) in [5.74, 6) is -0.754. The van der Waals surface area contributed by atoms with Crippen LogP contribution in [-0.2, 0) is 4.79 Å². The number of carboxylic acid groups (broad SMARTS) is 1. The number of fused-ring (bicyclic) bond motifs is 1. The summed E-state index contributed by atoms with van der Waals surface area (Å²) < 4.78 is 2.11. The first kappa shape index (κ1) is 16.7. The van der Waals surface area contributed by atoms with Gasteiger partial charge < -0.3 is 5.11 Å². The first-order valence-corrected chi connectivity index (χ1v) is 9.84. The Kier molecular flexibility index (Phi) is 4.58. The van der Waals surface area contributed by atoms with Crippen molar-refractivity contribution >= 4 is 43.5 Å². The number of benzene rings is 2. The monoisotopic (exact) mass is 416 g/mol. The van der Waals surface area contributed by atoms with Gasteiger partial charge in [0, 0.05) is 11.0 Å². The number of carbonyl (C=O) groups is 1. The molecule has 1 N–H and O–H groups in total. The van der Waals surface area contributed by atoms with Crippen molar-refractivity contribution in [2.24, 2.45) is 0 Å². The van der Waals surface area contributed by atoms with Crippen LogP contribution in [0.2, 0.25) is 0 Å². The van der Waals surface area contributed by atoms with Crippen molar-refractivity contribution < 1.29 is 9.90 Å². The van der Waals surface area contributed by atoms with Crippen LogP contribution in [0.5, 0.6) is 0 Å². The lowest BCUT2D eigenvalue weighted by atomic mass is 10.0. The molecule has 0 amide bonds. The lowest BCUT2D eigenvalue weighted by Gasteiger charge is -2.30. The topological polar surface area (TPSA) is 53.4 Å². The van der Waals surface area contributed by atoms with E-state index in [9.17, 15) is 9.90 Å². The predicted molar refractivity (Wildman–Crippen MR) is 103 cm³/mol. The Balaban J connectivity index is 1.86. The van der Waals surface area contributed by atoms with Crippen molar-refractivity contribution in [3.8, 4) is 0 Å². The van der Waals surface area contributed by atoms with Crippen LogP contribution in [0.15, 0.2) is 53.0 Å². The number of halogens is 1. The Bertz CT molecular complexity index is 893. The third kappa shape index (κ3) is 3.10. The number of carboxylic acids is 1. The van der Waals surface area contributed by atoms with Gasteiger partial charge in [-0.3, -0.25) is 9.69 Å².